The molecule has 2 atom stereocenters. The number of ether oxygens (including phenoxy) is 1. The SMILES string of the molecule is COCC(NC(C)CCC(=O)O)C(C)C. The zero-order valence-corrected chi connectivity index (χ0v) is 10.1. The highest BCUT2D eigenvalue weighted by Gasteiger charge is 2.15. The van der Waals surface area contributed by atoms with E-state index in [-0.39, 0.29) is 12.5 Å². The molecule has 0 aromatic rings. The van der Waals surface area contributed by atoms with Gasteiger partial charge in [-0.25, -0.2) is 0 Å². The molecule has 0 amide bonds. The van der Waals surface area contributed by atoms with Crippen molar-refractivity contribution in [3.63, 3.8) is 0 Å². The predicted molar refractivity (Wildman–Crippen MR) is 60.0 cm³/mol. The maximum absolute atomic E-state index is 10.4. The van der Waals surface area contributed by atoms with Crippen LogP contribution < -0.4 is 5.32 Å². The third kappa shape index (κ3) is 7.33. The fourth-order valence-electron chi connectivity index (χ4n) is 1.40. The van der Waals surface area contributed by atoms with Crippen molar-refractivity contribution in [2.24, 2.45) is 5.92 Å². The smallest absolute Gasteiger partial charge is 0.303 e. The van der Waals surface area contributed by atoms with Crippen LogP contribution >= 0.6 is 0 Å². The van der Waals surface area contributed by atoms with Crippen LogP contribution in [-0.2, 0) is 9.53 Å². The number of hydrogen-bond acceptors (Lipinski definition) is 3. The van der Waals surface area contributed by atoms with Crippen LogP contribution in [-0.4, -0.2) is 36.9 Å². The van der Waals surface area contributed by atoms with Crippen LogP contribution in [0.4, 0.5) is 0 Å². The molecule has 0 aromatic heterocycles. The van der Waals surface area contributed by atoms with E-state index in [9.17, 15) is 4.79 Å². The first-order chi connectivity index (χ1) is 6.97. The quantitative estimate of drug-likeness (QED) is 0.647. The number of hydrogen-bond donors (Lipinski definition) is 2. The predicted octanol–water partition coefficient (Wildman–Crippen LogP) is 1.50. The third-order valence-corrected chi connectivity index (χ3v) is 2.44. The van der Waals surface area contributed by atoms with E-state index in [1.807, 2.05) is 6.92 Å². The molecule has 0 aliphatic rings. The second kappa shape index (κ2) is 7.65. The molecule has 0 bridgehead atoms. The highest BCUT2D eigenvalue weighted by Crippen LogP contribution is 2.05. The van der Waals surface area contributed by atoms with Crippen LogP contribution in [0.15, 0.2) is 0 Å². The van der Waals surface area contributed by atoms with Gasteiger partial charge in [0.05, 0.1) is 6.61 Å². The Kier molecular flexibility index (Phi) is 7.34. The van der Waals surface area contributed by atoms with Crippen LogP contribution in [0.25, 0.3) is 0 Å². The first kappa shape index (κ1) is 14.4. The fourth-order valence-corrected chi connectivity index (χ4v) is 1.40. The Labute approximate surface area is 92.0 Å². The summed E-state index contributed by atoms with van der Waals surface area (Å²) in [6, 6.07) is 0.502. The third-order valence-electron chi connectivity index (χ3n) is 2.44. The largest absolute Gasteiger partial charge is 0.481 e. The van der Waals surface area contributed by atoms with Gasteiger partial charge in [-0.15, -0.1) is 0 Å². The van der Waals surface area contributed by atoms with Crippen molar-refractivity contribution in [3.8, 4) is 0 Å². The summed E-state index contributed by atoms with van der Waals surface area (Å²) in [4.78, 5) is 10.4. The Hall–Kier alpha value is -0.610. The monoisotopic (exact) mass is 217 g/mol. The van der Waals surface area contributed by atoms with Crippen LogP contribution in [0, 0.1) is 5.92 Å². The van der Waals surface area contributed by atoms with Gasteiger partial charge >= 0.3 is 5.97 Å². The highest BCUT2D eigenvalue weighted by atomic mass is 16.5. The van der Waals surface area contributed by atoms with E-state index in [0.717, 1.165) is 0 Å². The molecule has 0 spiro atoms. The molecule has 0 rings (SSSR count). The van der Waals surface area contributed by atoms with Crippen molar-refractivity contribution in [1.82, 2.24) is 5.32 Å². The average Bonchev–Trinajstić information content (AvgIpc) is 2.14. The summed E-state index contributed by atoms with van der Waals surface area (Å²) >= 11 is 0. The van der Waals surface area contributed by atoms with E-state index in [1.165, 1.54) is 0 Å². The molecular formula is C11H23NO3. The molecule has 4 heteroatoms. The summed E-state index contributed by atoms with van der Waals surface area (Å²) in [7, 11) is 1.68. The molecule has 0 saturated heterocycles. The Morgan fingerprint density at radius 1 is 1.40 bits per heavy atom. The van der Waals surface area contributed by atoms with Crippen LogP contribution in [0.1, 0.15) is 33.6 Å². The molecule has 0 aromatic carbocycles. The van der Waals surface area contributed by atoms with Gasteiger partial charge in [0.25, 0.3) is 0 Å². The van der Waals surface area contributed by atoms with E-state index in [0.29, 0.717) is 25.0 Å². The maximum Gasteiger partial charge on any atom is 0.303 e. The molecule has 15 heavy (non-hydrogen) atoms. The first-order valence-electron chi connectivity index (χ1n) is 5.44. The number of carboxylic acid groups (broad SMARTS) is 1. The molecule has 0 heterocycles. The minimum Gasteiger partial charge on any atom is -0.481 e. The standard InChI is InChI=1S/C11H23NO3/c1-8(2)10(7-15-4)12-9(3)5-6-11(13)14/h8-10,12H,5-7H2,1-4H3,(H,13,14). The van der Waals surface area contributed by atoms with Gasteiger partial charge < -0.3 is 15.2 Å². The van der Waals surface area contributed by atoms with Crippen molar-refractivity contribution in [2.45, 2.75) is 45.7 Å². The van der Waals surface area contributed by atoms with Gasteiger partial charge in [0.1, 0.15) is 0 Å². The van der Waals surface area contributed by atoms with Crippen molar-refractivity contribution >= 4 is 5.97 Å². The Morgan fingerprint density at radius 2 is 2.00 bits per heavy atom. The zero-order chi connectivity index (χ0) is 11.8. The second-order valence-electron chi connectivity index (χ2n) is 4.31. The summed E-state index contributed by atoms with van der Waals surface area (Å²) in [5, 5.41) is 11.9. The van der Waals surface area contributed by atoms with Gasteiger partial charge in [0.15, 0.2) is 0 Å². The van der Waals surface area contributed by atoms with Crippen LogP contribution in [0.5, 0.6) is 0 Å². The molecule has 0 saturated carbocycles. The Balaban J connectivity index is 3.88. The lowest BCUT2D eigenvalue weighted by Gasteiger charge is -2.25. The summed E-state index contributed by atoms with van der Waals surface area (Å²) in [5.74, 6) is -0.256. The molecular weight excluding hydrogens is 194 g/mol. The molecule has 0 aliphatic heterocycles. The van der Waals surface area contributed by atoms with Crippen LogP contribution in [0.3, 0.4) is 0 Å². The summed E-state index contributed by atoms with van der Waals surface area (Å²) < 4.78 is 5.11. The molecule has 90 valence electrons. The van der Waals surface area contributed by atoms with Crippen molar-refractivity contribution < 1.29 is 14.6 Å². The van der Waals surface area contributed by atoms with Crippen molar-refractivity contribution in [3.05, 3.63) is 0 Å². The number of carbonyl (C=O) groups is 1. The molecule has 2 N–H and O–H groups in total. The van der Waals surface area contributed by atoms with E-state index in [1.54, 1.807) is 7.11 Å². The van der Waals surface area contributed by atoms with Gasteiger partial charge in [-0.3, -0.25) is 4.79 Å². The van der Waals surface area contributed by atoms with Crippen molar-refractivity contribution in [2.75, 3.05) is 13.7 Å². The molecule has 2 unspecified atom stereocenters. The lowest BCUT2D eigenvalue weighted by atomic mass is 10.0. The molecule has 0 aliphatic carbocycles. The number of nitrogens with one attached hydrogen (secondary N) is 1. The lowest BCUT2D eigenvalue weighted by molar-refractivity contribution is -0.137. The number of carboxylic acids is 1. The topological polar surface area (TPSA) is 58.6 Å². The lowest BCUT2D eigenvalue weighted by Crippen LogP contribution is -2.43. The van der Waals surface area contributed by atoms with E-state index >= 15 is 0 Å². The second-order valence-corrected chi connectivity index (χ2v) is 4.31. The van der Waals surface area contributed by atoms with Gasteiger partial charge in [-0.05, 0) is 19.3 Å². The fraction of sp³-hybridized carbons (Fsp3) is 0.909. The zero-order valence-electron chi connectivity index (χ0n) is 10.1. The maximum atomic E-state index is 10.4. The Bertz CT molecular complexity index is 183. The van der Waals surface area contributed by atoms with Gasteiger partial charge in [0.2, 0.25) is 0 Å². The van der Waals surface area contributed by atoms with E-state index < -0.39 is 5.97 Å². The molecule has 0 fully saturated rings. The summed E-state index contributed by atoms with van der Waals surface area (Å²) in [6.45, 7) is 6.92. The van der Waals surface area contributed by atoms with E-state index in [2.05, 4.69) is 19.2 Å². The molecule has 4 nitrogen and oxygen atoms in total. The molecule has 0 radical (unpaired) electrons. The summed E-state index contributed by atoms with van der Waals surface area (Å²) in [6.07, 6.45) is 0.869. The number of methoxy groups -OCH3 is 1. The van der Waals surface area contributed by atoms with Gasteiger partial charge in [0, 0.05) is 25.6 Å². The van der Waals surface area contributed by atoms with E-state index in [4.69, 9.17) is 9.84 Å². The number of rotatable bonds is 8. The first-order valence-corrected chi connectivity index (χ1v) is 5.44. The summed E-state index contributed by atoms with van der Waals surface area (Å²) in [5.41, 5.74) is 0. The average molecular weight is 217 g/mol. The number of aliphatic carboxylic acids is 1. The Morgan fingerprint density at radius 3 is 2.40 bits per heavy atom. The minimum absolute atomic E-state index is 0.212. The minimum atomic E-state index is -0.739. The van der Waals surface area contributed by atoms with Gasteiger partial charge in [-0.2, -0.15) is 0 Å². The highest BCUT2D eigenvalue weighted by molar-refractivity contribution is 5.66. The van der Waals surface area contributed by atoms with Crippen molar-refractivity contribution in [1.29, 1.82) is 0 Å². The normalized spacial score (nSPS) is 15.3. The van der Waals surface area contributed by atoms with Gasteiger partial charge in [-0.1, -0.05) is 13.8 Å². The van der Waals surface area contributed by atoms with Crippen LogP contribution in [0.2, 0.25) is 0 Å².